The molecule has 0 unspecified atom stereocenters. The van der Waals surface area contributed by atoms with E-state index in [-0.39, 0.29) is 16.8 Å². The van der Waals surface area contributed by atoms with E-state index >= 15 is 0 Å². The number of urea groups is 1. The third-order valence-corrected chi connectivity index (χ3v) is 5.32. The topological polar surface area (TPSA) is 50.8 Å². The Bertz CT molecular complexity index is 966. The molecule has 9 heteroatoms. The van der Waals surface area contributed by atoms with Crippen LogP contribution in [0.25, 0.3) is 0 Å². The summed E-state index contributed by atoms with van der Waals surface area (Å²) in [5, 5.41) is 2.84. The van der Waals surface area contributed by atoms with E-state index in [1.165, 1.54) is 7.11 Å². The molecule has 148 valence electrons. The molecular formula is C19H16ClF3N2O3. The van der Waals surface area contributed by atoms with Gasteiger partial charge in [0.05, 0.1) is 29.4 Å². The number of para-hydroxylation sites is 1. The molecule has 2 atom stereocenters. The number of benzene rings is 2. The summed E-state index contributed by atoms with van der Waals surface area (Å²) in [5.41, 5.74) is -1.48. The zero-order chi connectivity index (χ0) is 20.3. The number of hydrogen-bond donors (Lipinski definition) is 1. The molecule has 2 aromatic carbocycles. The van der Waals surface area contributed by atoms with Crippen molar-refractivity contribution in [1.29, 1.82) is 0 Å². The van der Waals surface area contributed by atoms with Crippen LogP contribution in [0.1, 0.15) is 30.5 Å². The maximum atomic E-state index is 13.2. The number of nitrogens with one attached hydrogen (secondary N) is 1. The Balaban J connectivity index is 1.84. The molecule has 1 saturated heterocycles. The molecule has 0 aromatic heterocycles. The maximum Gasteiger partial charge on any atom is 0.416 e. The first-order valence-electron chi connectivity index (χ1n) is 8.47. The normalized spacial score (nSPS) is 23.6. The van der Waals surface area contributed by atoms with Gasteiger partial charge in [0.1, 0.15) is 0 Å². The second kappa shape index (κ2) is 6.20. The molecule has 1 N–H and O–H groups in total. The minimum Gasteiger partial charge on any atom is -0.493 e. The van der Waals surface area contributed by atoms with Crippen molar-refractivity contribution in [2.75, 3.05) is 12.0 Å². The second-order valence-electron chi connectivity index (χ2n) is 6.86. The lowest BCUT2D eigenvalue weighted by Crippen LogP contribution is -2.65. The number of amides is 2. The van der Waals surface area contributed by atoms with Crippen molar-refractivity contribution in [2.24, 2.45) is 0 Å². The first-order chi connectivity index (χ1) is 13.1. The van der Waals surface area contributed by atoms with Gasteiger partial charge in [0.25, 0.3) is 0 Å². The molecule has 2 heterocycles. The van der Waals surface area contributed by atoms with Gasteiger partial charge in [-0.1, -0.05) is 23.7 Å². The van der Waals surface area contributed by atoms with Crippen molar-refractivity contribution >= 4 is 23.3 Å². The fourth-order valence-electron chi connectivity index (χ4n) is 3.75. The molecule has 2 aliphatic rings. The highest BCUT2D eigenvalue weighted by atomic mass is 35.5. The van der Waals surface area contributed by atoms with E-state index in [0.717, 1.165) is 28.7 Å². The predicted octanol–water partition coefficient (Wildman–Crippen LogP) is 5.14. The molecule has 0 aliphatic carbocycles. The Morgan fingerprint density at radius 1 is 1.32 bits per heavy atom. The molecule has 1 fully saturated rings. The first-order valence-corrected chi connectivity index (χ1v) is 8.85. The fraction of sp³-hybridized carbons (Fsp3) is 0.316. The number of hydrogen-bond acceptors (Lipinski definition) is 3. The molecule has 0 saturated carbocycles. The molecule has 2 bridgehead atoms. The van der Waals surface area contributed by atoms with Crippen molar-refractivity contribution in [3.8, 4) is 11.5 Å². The molecular weight excluding hydrogens is 397 g/mol. The number of rotatable bonds is 2. The Labute approximate surface area is 164 Å². The Morgan fingerprint density at radius 2 is 2.07 bits per heavy atom. The quantitative estimate of drug-likeness (QED) is 0.743. The number of halogens is 4. The summed E-state index contributed by atoms with van der Waals surface area (Å²) in [7, 11) is 1.49. The summed E-state index contributed by atoms with van der Waals surface area (Å²) in [6, 6.07) is 7.21. The molecule has 28 heavy (non-hydrogen) atoms. The number of nitrogens with zero attached hydrogens (tertiary/aromatic N) is 1. The summed E-state index contributed by atoms with van der Waals surface area (Å²) < 4.78 is 51.1. The van der Waals surface area contributed by atoms with Gasteiger partial charge in [-0.05, 0) is 31.2 Å². The zero-order valence-corrected chi connectivity index (χ0v) is 15.7. The largest absolute Gasteiger partial charge is 0.493 e. The van der Waals surface area contributed by atoms with Crippen LogP contribution in [-0.2, 0) is 6.18 Å². The summed E-state index contributed by atoms with van der Waals surface area (Å²) in [6.07, 6.45) is -4.25. The monoisotopic (exact) mass is 412 g/mol. The van der Waals surface area contributed by atoms with Gasteiger partial charge in [-0.25, -0.2) is 4.79 Å². The molecule has 0 radical (unpaired) electrons. The third-order valence-electron chi connectivity index (χ3n) is 5.00. The number of carbonyl (C=O) groups excluding carboxylic acids is 1. The number of methoxy groups -OCH3 is 1. The van der Waals surface area contributed by atoms with Crippen LogP contribution in [0, 0.1) is 0 Å². The van der Waals surface area contributed by atoms with Crippen LogP contribution in [0.5, 0.6) is 11.5 Å². The highest BCUT2D eigenvalue weighted by Crippen LogP contribution is 2.50. The van der Waals surface area contributed by atoms with E-state index in [0.29, 0.717) is 17.9 Å². The van der Waals surface area contributed by atoms with Crippen molar-refractivity contribution in [2.45, 2.75) is 31.3 Å². The molecule has 4 rings (SSSR count). The van der Waals surface area contributed by atoms with Gasteiger partial charge in [-0.2, -0.15) is 13.2 Å². The van der Waals surface area contributed by atoms with Crippen LogP contribution in [0.15, 0.2) is 36.4 Å². The number of alkyl halides is 3. The van der Waals surface area contributed by atoms with Crippen molar-refractivity contribution in [3.63, 3.8) is 0 Å². The van der Waals surface area contributed by atoms with E-state index in [2.05, 4.69) is 5.32 Å². The number of anilines is 1. The van der Waals surface area contributed by atoms with E-state index < -0.39 is 23.5 Å². The van der Waals surface area contributed by atoms with Gasteiger partial charge in [-0.15, -0.1) is 0 Å². The molecule has 0 spiro atoms. The van der Waals surface area contributed by atoms with Gasteiger partial charge >= 0.3 is 12.2 Å². The van der Waals surface area contributed by atoms with Crippen molar-refractivity contribution in [1.82, 2.24) is 5.32 Å². The predicted molar refractivity (Wildman–Crippen MR) is 96.8 cm³/mol. The van der Waals surface area contributed by atoms with Crippen molar-refractivity contribution in [3.05, 3.63) is 52.5 Å². The lowest BCUT2D eigenvalue weighted by atomic mass is 9.89. The minimum absolute atomic E-state index is 0.0113. The summed E-state index contributed by atoms with van der Waals surface area (Å²) in [5.74, 6) is 0.913. The lowest BCUT2D eigenvalue weighted by molar-refractivity contribution is -0.137. The Hall–Kier alpha value is -2.61. The highest BCUT2D eigenvalue weighted by Gasteiger charge is 2.51. The molecule has 5 nitrogen and oxygen atoms in total. The summed E-state index contributed by atoms with van der Waals surface area (Å²) in [6.45, 7) is 1.64. The highest BCUT2D eigenvalue weighted by molar-refractivity contribution is 6.33. The maximum absolute atomic E-state index is 13.2. The Morgan fingerprint density at radius 3 is 2.75 bits per heavy atom. The fourth-order valence-corrected chi connectivity index (χ4v) is 3.95. The van der Waals surface area contributed by atoms with Gasteiger partial charge < -0.3 is 14.8 Å². The lowest BCUT2D eigenvalue weighted by Gasteiger charge is -2.50. The standard InChI is InChI=1S/C19H16ClF3N2O3/c1-18-9-13(11-4-3-5-15(27-2)16(11)28-18)24-17(26)25(18)14-8-10(19(21,22)23)6-7-12(14)20/h3-8,13H,9H2,1-2H3,(H,24,26)/t13-,18+/m0/s1. The average Bonchev–Trinajstić information content (AvgIpc) is 2.61. The van der Waals surface area contributed by atoms with E-state index in [1.54, 1.807) is 19.1 Å². The average molecular weight is 413 g/mol. The second-order valence-corrected chi connectivity index (χ2v) is 7.27. The Kier molecular flexibility index (Phi) is 4.15. The van der Waals surface area contributed by atoms with Crippen LogP contribution in [-0.4, -0.2) is 18.9 Å². The van der Waals surface area contributed by atoms with Gasteiger partial charge in [0.2, 0.25) is 0 Å². The van der Waals surface area contributed by atoms with Gasteiger partial charge in [-0.3, -0.25) is 4.90 Å². The van der Waals surface area contributed by atoms with Crippen LogP contribution >= 0.6 is 11.6 Å². The first kappa shape index (κ1) is 18.7. The number of fused-ring (bicyclic) bond motifs is 4. The summed E-state index contributed by atoms with van der Waals surface area (Å²) in [4.78, 5) is 14.0. The SMILES string of the molecule is COc1cccc2c1O[C@]1(C)C[C@@H]2NC(=O)N1c1cc(C(F)(F)F)ccc1Cl. The van der Waals surface area contributed by atoms with Crippen molar-refractivity contribution < 1.29 is 27.4 Å². The third kappa shape index (κ3) is 2.83. The van der Waals surface area contributed by atoms with Crippen LogP contribution < -0.4 is 19.7 Å². The molecule has 2 amide bonds. The van der Waals surface area contributed by atoms with E-state index in [4.69, 9.17) is 21.1 Å². The van der Waals surface area contributed by atoms with Crippen LogP contribution in [0.4, 0.5) is 23.7 Å². The van der Waals surface area contributed by atoms with Gasteiger partial charge in [0, 0.05) is 12.0 Å². The number of ether oxygens (including phenoxy) is 2. The minimum atomic E-state index is -4.57. The van der Waals surface area contributed by atoms with E-state index in [1.807, 2.05) is 6.07 Å². The van der Waals surface area contributed by atoms with Crippen LogP contribution in [0.2, 0.25) is 5.02 Å². The number of carbonyl (C=O) groups is 1. The van der Waals surface area contributed by atoms with Gasteiger partial charge in [0.15, 0.2) is 17.2 Å². The van der Waals surface area contributed by atoms with E-state index in [9.17, 15) is 18.0 Å². The molecule has 2 aliphatic heterocycles. The summed E-state index contributed by atoms with van der Waals surface area (Å²) >= 11 is 6.17. The van der Waals surface area contributed by atoms with Crippen LogP contribution in [0.3, 0.4) is 0 Å². The molecule has 2 aromatic rings. The zero-order valence-electron chi connectivity index (χ0n) is 14.9. The smallest absolute Gasteiger partial charge is 0.416 e.